The van der Waals surface area contributed by atoms with Gasteiger partial charge in [0.1, 0.15) is 6.04 Å². The molecule has 160 valence electrons. The molecule has 0 fully saturated rings. The monoisotopic (exact) mass is 430 g/mol. The Morgan fingerprint density at radius 1 is 1.17 bits per heavy atom. The molecule has 3 rings (SSSR count). The van der Waals surface area contributed by atoms with Crippen molar-refractivity contribution in [3.05, 3.63) is 54.5 Å². The molecule has 0 unspecified atom stereocenters. The Labute approximate surface area is 176 Å². The van der Waals surface area contributed by atoms with Crippen molar-refractivity contribution in [2.45, 2.75) is 44.7 Å². The minimum atomic E-state index is -3.86. The molecule has 0 saturated heterocycles. The van der Waals surface area contributed by atoms with E-state index in [0.717, 1.165) is 11.1 Å². The van der Waals surface area contributed by atoms with Gasteiger partial charge < -0.3 is 9.30 Å². The van der Waals surface area contributed by atoms with Crippen LogP contribution in [0.3, 0.4) is 0 Å². The lowest BCUT2D eigenvalue weighted by Crippen LogP contribution is -2.42. The maximum atomic E-state index is 12.8. The largest absolute Gasteiger partial charge is 0.465 e. The lowest BCUT2D eigenvalue weighted by atomic mass is 10.1. The number of carbonyl (C=O) groups excluding carboxylic acids is 1. The van der Waals surface area contributed by atoms with Crippen LogP contribution >= 0.6 is 0 Å². The predicted octanol–water partition coefficient (Wildman–Crippen LogP) is 2.74. The molecular weight excluding hydrogens is 404 g/mol. The van der Waals surface area contributed by atoms with Crippen molar-refractivity contribution in [3.63, 3.8) is 0 Å². The van der Waals surface area contributed by atoms with Gasteiger partial charge in [0.25, 0.3) is 0 Å². The topological polar surface area (TPSA) is 103 Å². The van der Waals surface area contributed by atoms with Crippen LogP contribution in [-0.4, -0.2) is 41.6 Å². The summed E-state index contributed by atoms with van der Waals surface area (Å²) < 4.78 is 35.0. The van der Waals surface area contributed by atoms with Gasteiger partial charge in [0.15, 0.2) is 5.65 Å². The van der Waals surface area contributed by atoms with Gasteiger partial charge in [-0.05, 0) is 49.1 Å². The van der Waals surface area contributed by atoms with Crippen LogP contribution in [-0.2, 0) is 26.1 Å². The molecule has 2 aromatic heterocycles. The number of benzene rings is 1. The highest BCUT2D eigenvalue weighted by Gasteiger charge is 2.27. The van der Waals surface area contributed by atoms with Crippen LogP contribution < -0.4 is 4.72 Å². The molecule has 0 amide bonds. The Morgan fingerprint density at radius 2 is 1.90 bits per heavy atom. The fourth-order valence-corrected chi connectivity index (χ4v) is 4.35. The number of hydrogen-bond donors (Lipinski definition) is 1. The van der Waals surface area contributed by atoms with Crippen molar-refractivity contribution in [3.8, 4) is 0 Å². The van der Waals surface area contributed by atoms with Gasteiger partial charge in [0, 0.05) is 12.7 Å². The third kappa shape index (κ3) is 5.22. The number of aromatic nitrogens is 3. The first-order valence-electron chi connectivity index (χ1n) is 9.84. The molecule has 0 bridgehead atoms. The summed E-state index contributed by atoms with van der Waals surface area (Å²) in [5.41, 5.74) is 2.49. The normalized spacial score (nSPS) is 12.9. The molecule has 0 spiro atoms. The van der Waals surface area contributed by atoms with Crippen LogP contribution in [0, 0.1) is 5.92 Å². The maximum absolute atomic E-state index is 12.8. The summed E-state index contributed by atoms with van der Waals surface area (Å²) in [6, 6.07) is 9.43. The second kappa shape index (κ2) is 9.36. The average molecular weight is 431 g/mol. The number of pyridine rings is 1. The highest BCUT2D eigenvalue weighted by molar-refractivity contribution is 7.89. The summed E-state index contributed by atoms with van der Waals surface area (Å²) in [4.78, 5) is 20.7. The molecule has 1 atom stereocenters. The van der Waals surface area contributed by atoms with Gasteiger partial charge in [-0.15, -0.1) is 0 Å². The average Bonchev–Trinajstić information content (AvgIpc) is 3.10. The molecule has 1 aromatic carbocycles. The molecule has 0 radical (unpaired) electrons. The predicted molar refractivity (Wildman–Crippen MR) is 113 cm³/mol. The second-order valence-electron chi connectivity index (χ2n) is 7.42. The maximum Gasteiger partial charge on any atom is 0.324 e. The highest BCUT2D eigenvalue weighted by Crippen LogP contribution is 2.16. The van der Waals surface area contributed by atoms with Gasteiger partial charge >= 0.3 is 5.97 Å². The van der Waals surface area contributed by atoms with E-state index in [1.54, 1.807) is 31.6 Å². The van der Waals surface area contributed by atoms with Crippen LogP contribution in [0.25, 0.3) is 11.2 Å². The number of sulfonamides is 1. The van der Waals surface area contributed by atoms with E-state index >= 15 is 0 Å². The quantitative estimate of drug-likeness (QED) is 0.524. The minimum Gasteiger partial charge on any atom is -0.465 e. The van der Waals surface area contributed by atoms with Gasteiger partial charge in [0.2, 0.25) is 10.0 Å². The van der Waals surface area contributed by atoms with E-state index in [1.807, 2.05) is 30.5 Å². The molecule has 2 heterocycles. The van der Waals surface area contributed by atoms with Crippen LogP contribution in [0.1, 0.15) is 32.8 Å². The number of nitrogens with zero attached hydrogens (tertiary/aromatic N) is 3. The van der Waals surface area contributed by atoms with E-state index < -0.39 is 22.0 Å². The molecule has 30 heavy (non-hydrogen) atoms. The Hall–Kier alpha value is -2.78. The first-order valence-corrected chi connectivity index (χ1v) is 11.3. The second-order valence-corrected chi connectivity index (χ2v) is 9.13. The summed E-state index contributed by atoms with van der Waals surface area (Å²) in [6.45, 7) is 6.27. The summed E-state index contributed by atoms with van der Waals surface area (Å²) in [6.07, 6.45) is 3.76. The van der Waals surface area contributed by atoms with Gasteiger partial charge in [-0.25, -0.2) is 18.4 Å². The number of fused-ring (bicyclic) bond motifs is 1. The molecule has 9 heteroatoms. The lowest BCUT2D eigenvalue weighted by molar-refractivity contribution is -0.145. The number of nitrogens with one attached hydrogen (secondary N) is 1. The fraction of sp³-hybridized carbons (Fsp3) is 0.381. The van der Waals surface area contributed by atoms with Gasteiger partial charge in [-0.1, -0.05) is 26.0 Å². The number of imidazole rings is 1. The first kappa shape index (κ1) is 21.9. The third-order valence-corrected chi connectivity index (χ3v) is 6.04. The Kier molecular flexibility index (Phi) is 6.84. The Balaban J connectivity index is 1.75. The zero-order valence-corrected chi connectivity index (χ0v) is 18.1. The smallest absolute Gasteiger partial charge is 0.324 e. The van der Waals surface area contributed by atoms with E-state index in [4.69, 9.17) is 4.74 Å². The van der Waals surface area contributed by atoms with Crippen LogP contribution in [0.2, 0.25) is 0 Å². The van der Waals surface area contributed by atoms with Crippen molar-refractivity contribution in [1.82, 2.24) is 19.3 Å². The SMILES string of the molecule is CCOC(=O)[C@H](CC(C)C)NS(=O)(=O)c1ccc(Cn2cnc3ncccc32)cc1. The van der Waals surface area contributed by atoms with Crippen LogP contribution in [0.5, 0.6) is 0 Å². The van der Waals surface area contributed by atoms with E-state index in [2.05, 4.69) is 14.7 Å². The molecule has 3 aromatic rings. The van der Waals surface area contributed by atoms with Gasteiger partial charge in [-0.2, -0.15) is 4.72 Å². The standard InChI is InChI=1S/C21H26N4O4S/c1-4-29-21(26)18(12-15(2)3)24-30(27,28)17-9-7-16(8-10-17)13-25-14-23-20-19(25)6-5-11-22-20/h5-11,14-15,18,24H,4,12-13H2,1-3H3/t18-/m0/s1. The fourth-order valence-electron chi connectivity index (χ4n) is 3.16. The van der Waals surface area contributed by atoms with Crippen LogP contribution in [0.15, 0.2) is 53.8 Å². The van der Waals surface area contributed by atoms with E-state index in [-0.39, 0.29) is 17.4 Å². The summed E-state index contributed by atoms with van der Waals surface area (Å²) in [7, 11) is -3.86. The van der Waals surface area contributed by atoms with Gasteiger partial charge in [0.05, 0.1) is 23.3 Å². The minimum absolute atomic E-state index is 0.0986. The molecule has 8 nitrogen and oxygen atoms in total. The van der Waals surface area contributed by atoms with E-state index in [0.29, 0.717) is 18.6 Å². The first-order chi connectivity index (χ1) is 14.3. The lowest BCUT2D eigenvalue weighted by Gasteiger charge is -2.19. The van der Waals surface area contributed by atoms with Crippen molar-refractivity contribution in [2.24, 2.45) is 5.92 Å². The van der Waals surface area contributed by atoms with E-state index in [1.165, 1.54) is 12.1 Å². The number of rotatable bonds is 9. The molecule has 0 aliphatic heterocycles. The van der Waals surface area contributed by atoms with Crippen molar-refractivity contribution in [2.75, 3.05) is 6.61 Å². The number of ether oxygens (including phenoxy) is 1. The molecule has 0 aliphatic carbocycles. The number of hydrogen-bond acceptors (Lipinski definition) is 6. The molecule has 1 N–H and O–H groups in total. The van der Waals surface area contributed by atoms with Crippen LogP contribution in [0.4, 0.5) is 0 Å². The van der Waals surface area contributed by atoms with Crippen molar-refractivity contribution < 1.29 is 17.9 Å². The number of carbonyl (C=O) groups is 1. The zero-order valence-electron chi connectivity index (χ0n) is 17.3. The zero-order chi connectivity index (χ0) is 21.7. The third-order valence-electron chi connectivity index (χ3n) is 4.56. The Bertz CT molecular complexity index is 1110. The van der Waals surface area contributed by atoms with E-state index in [9.17, 15) is 13.2 Å². The molecular formula is C21H26N4O4S. The summed E-state index contributed by atoms with van der Waals surface area (Å²) in [5.74, 6) is -0.434. The van der Waals surface area contributed by atoms with Gasteiger partial charge in [-0.3, -0.25) is 4.79 Å². The number of esters is 1. The molecule has 0 aliphatic rings. The summed E-state index contributed by atoms with van der Waals surface area (Å²) >= 11 is 0. The summed E-state index contributed by atoms with van der Waals surface area (Å²) in [5, 5.41) is 0. The highest BCUT2D eigenvalue weighted by atomic mass is 32.2. The Morgan fingerprint density at radius 3 is 2.57 bits per heavy atom. The molecule has 0 saturated carbocycles. The van der Waals surface area contributed by atoms with Crippen molar-refractivity contribution >= 4 is 27.2 Å². The van der Waals surface area contributed by atoms with Crippen molar-refractivity contribution in [1.29, 1.82) is 0 Å².